The highest BCUT2D eigenvalue weighted by Gasteiger charge is 2.23. The van der Waals surface area contributed by atoms with E-state index >= 15 is 0 Å². The average molecular weight is 294 g/mol. The highest BCUT2D eigenvalue weighted by molar-refractivity contribution is 5.99. The molecule has 1 aromatic rings. The Hall–Kier alpha value is -2.18. The molecule has 1 amide bonds. The number of nitro groups is 1. The van der Waals surface area contributed by atoms with Crippen LogP contribution in [0.3, 0.4) is 0 Å². The molecule has 0 unspecified atom stereocenters. The molecule has 0 aliphatic heterocycles. The molecular formula is C14H22N4O3. The number of aromatic nitrogens is 1. The Morgan fingerprint density at radius 2 is 2.10 bits per heavy atom. The van der Waals surface area contributed by atoms with Crippen molar-refractivity contribution in [3.63, 3.8) is 0 Å². The van der Waals surface area contributed by atoms with E-state index in [0.29, 0.717) is 18.9 Å². The topological polar surface area (TPSA) is 88.4 Å². The molecule has 0 aromatic carbocycles. The van der Waals surface area contributed by atoms with E-state index < -0.39 is 4.92 Å². The Morgan fingerprint density at radius 3 is 2.57 bits per heavy atom. The summed E-state index contributed by atoms with van der Waals surface area (Å²) in [5, 5.41) is 13.8. The van der Waals surface area contributed by atoms with Crippen LogP contribution in [0.1, 0.15) is 38.1 Å². The fourth-order valence-corrected chi connectivity index (χ4v) is 2.01. The van der Waals surface area contributed by atoms with Crippen molar-refractivity contribution in [2.24, 2.45) is 5.41 Å². The summed E-state index contributed by atoms with van der Waals surface area (Å²) in [6, 6.07) is 1.27. The van der Waals surface area contributed by atoms with E-state index in [1.54, 1.807) is 11.9 Å². The smallest absolute Gasteiger partial charge is 0.288 e. The van der Waals surface area contributed by atoms with Crippen LogP contribution in [-0.2, 0) is 0 Å². The van der Waals surface area contributed by atoms with Crippen LogP contribution in [0.15, 0.2) is 12.3 Å². The first-order valence-corrected chi connectivity index (χ1v) is 6.79. The van der Waals surface area contributed by atoms with Crippen LogP contribution in [-0.4, -0.2) is 40.9 Å². The molecule has 0 aliphatic carbocycles. The normalized spacial score (nSPS) is 11.1. The molecule has 21 heavy (non-hydrogen) atoms. The lowest BCUT2D eigenvalue weighted by Crippen LogP contribution is -2.35. The number of carbonyl (C=O) groups excluding carboxylic acids is 1. The number of nitrogens with one attached hydrogen (secondary N) is 1. The van der Waals surface area contributed by atoms with E-state index in [1.807, 2.05) is 27.7 Å². The maximum atomic E-state index is 12.5. The molecule has 0 fully saturated rings. The zero-order chi connectivity index (χ0) is 16.2. The summed E-state index contributed by atoms with van der Waals surface area (Å²) in [5.74, 6) is 0.0888. The lowest BCUT2D eigenvalue weighted by Gasteiger charge is -2.27. The van der Waals surface area contributed by atoms with Crippen molar-refractivity contribution >= 4 is 17.4 Å². The number of amides is 1. The Balaban J connectivity index is 3.15. The van der Waals surface area contributed by atoms with Gasteiger partial charge in [0.05, 0.1) is 10.5 Å². The summed E-state index contributed by atoms with van der Waals surface area (Å²) >= 11 is 0. The fraction of sp³-hybridized carbons (Fsp3) is 0.571. The van der Waals surface area contributed by atoms with Gasteiger partial charge >= 0.3 is 0 Å². The Labute approximate surface area is 124 Å². The summed E-state index contributed by atoms with van der Waals surface area (Å²) < 4.78 is 0. The molecule has 1 N–H and O–H groups in total. The molecule has 7 nitrogen and oxygen atoms in total. The van der Waals surface area contributed by atoms with Crippen molar-refractivity contribution in [2.45, 2.75) is 27.7 Å². The number of hydrogen-bond acceptors (Lipinski definition) is 5. The van der Waals surface area contributed by atoms with E-state index in [4.69, 9.17) is 0 Å². The van der Waals surface area contributed by atoms with E-state index in [2.05, 4.69) is 10.3 Å². The summed E-state index contributed by atoms with van der Waals surface area (Å²) in [4.78, 5) is 28.4. The molecular weight excluding hydrogens is 272 g/mol. The molecule has 0 spiro atoms. The van der Waals surface area contributed by atoms with Crippen LogP contribution in [0.5, 0.6) is 0 Å². The minimum absolute atomic E-state index is 0.0586. The number of anilines is 1. The van der Waals surface area contributed by atoms with Crippen molar-refractivity contribution in [2.75, 3.05) is 25.5 Å². The van der Waals surface area contributed by atoms with E-state index in [-0.39, 0.29) is 22.6 Å². The third-order valence-corrected chi connectivity index (χ3v) is 2.72. The standard InChI is InChI=1S/C14H22N4O3/c1-6-15-12-11(7-10(8-16-12)18(20)21)13(19)17(5)9-14(2,3)4/h7-8H,6,9H2,1-5H3,(H,15,16). The first kappa shape index (κ1) is 16.9. The molecule has 1 heterocycles. The monoisotopic (exact) mass is 294 g/mol. The molecule has 1 rings (SSSR count). The second kappa shape index (κ2) is 6.51. The molecule has 116 valence electrons. The van der Waals surface area contributed by atoms with Crippen molar-refractivity contribution in [1.29, 1.82) is 0 Å². The quantitative estimate of drug-likeness (QED) is 0.666. The van der Waals surface area contributed by atoms with Crippen LogP contribution in [0.4, 0.5) is 11.5 Å². The van der Waals surface area contributed by atoms with Crippen molar-refractivity contribution in [3.05, 3.63) is 27.9 Å². The van der Waals surface area contributed by atoms with Crippen molar-refractivity contribution in [1.82, 2.24) is 9.88 Å². The Morgan fingerprint density at radius 1 is 1.48 bits per heavy atom. The number of rotatable bonds is 5. The van der Waals surface area contributed by atoms with Crippen LogP contribution < -0.4 is 5.32 Å². The van der Waals surface area contributed by atoms with E-state index in [9.17, 15) is 14.9 Å². The van der Waals surface area contributed by atoms with Crippen LogP contribution >= 0.6 is 0 Å². The second-order valence-corrected chi connectivity index (χ2v) is 6.10. The zero-order valence-corrected chi connectivity index (χ0v) is 13.1. The van der Waals surface area contributed by atoms with Gasteiger partial charge in [0.25, 0.3) is 11.6 Å². The summed E-state index contributed by atoms with van der Waals surface area (Å²) in [6.45, 7) is 9.05. The van der Waals surface area contributed by atoms with Gasteiger partial charge in [-0.05, 0) is 12.3 Å². The highest BCUT2D eigenvalue weighted by atomic mass is 16.6. The lowest BCUT2D eigenvalue weighted by atomic mass is 9.96. The fourth-order valence-electron chi connectivity index (χ4n) is 2.01. The number of hydrogen-bond donors (Lipinski definition) is 1. The van der Waals surface area contributed by atoms with Gasteiger partial charge in [-0.15, -0.1) is 0 Å². The number of carbonyl (C=O) groups is 1. The molecule has 0 bridgehead atoms. The third kappa shape index (κ3) is 4.70. The largest absolute Gasteiger partial charge is 0.370 e. The summed E-state index contributed by atoms with van der Waals surface area (Å²) in [6.07, 6.45) is 1.15. The van der Waals surface area contributed by atoms with E-state index in [0.717, 1.165) is 6.20 Å². The molecule has 0 saturated carbocycles. The molecule has 0 atom stereocenters. The maximum Gasteiger partial charge on any atom is 0.288 e. The number of nitrogens with zero attached hydrogens (tertiary/aromatic N) is 3. The lowest BCUT2D eigenvalue weighted by molar-refractivity contribution is -0.385. The van der Waals surface area contributed by atoms with E-state index in [1.165, 1.54) is 6.07 Å². The molecule has 1 aromatic heterocycles. The van der Waals surface area contributed by atoms with Crippen LogP contribution in [0, 0.1) is 15.5 Å². The van der Waals surface area contributed by atoms with Crippen molar-refractivity contribution in [3.8, 4) is 0 Å². The predicted octanol–water partition coefficient (Wildman–Crippen LogP) is 2.54. The van der Waals surface area contributed by atoms with Crippen LogP contribution in [0.2, 0.25) is 0 Å². The second-order valence-electron chi connectivity index (χ2n) is 6.10. The third-order valence-electron chi connectivity index (χ3n) is 2.72. The van der Waals surface area contributed by atoms with Gasteiger partial charge in [-0.3, -0.25) is 14.9 Å². The molecule has 0 radical (unpaired) electrons. The minimum Gasteiger partial charge on any atom is -0.370 e. The predicted molar refractivity (Wildman–Crippen MR) is 81.5 cm³/mol. The van der Waals surface area contributed by atoms with Crippen LogP contribution in [0.25, 0.3) is 0 Å². The summed E-state index contributed by atoms with van der Waals surface area (Å²) in [7, 11) is 1.68. The zero-order valence-electron chi connectivity index (χ0n) is 13.1. The van der Waals surface area contributed by atoms with Gasteiger partial charge in [0.1, 0.15) is 12.0 Å². The highest BCUT2D eigenvalue weighted by Crippen LogP contribution is 2.22. The van der Waals surface area contributed by atoms with Gasteiger partial charge in [0.15, 0.2) is 0 Å². The van der Waals surface area contributed by atoms with Gasteiger partial charge in [0.2, 0.25) is 0 Å². The number of pyridine rings is 1. The molecule has 0 aliphatic rings. The van der Waals surface area contributed by atoms with Gasteiger partial charge in [-0.1, -0.05) is 20.8 Å². The SMILES string of the molecule is CCNc1ncc([N+](=O)[O-])cc1C(=O)N(C)CC(C)(C)C. The van der Waals surface area contributed by atoms with Crippen molar-refractivity contribution < 1.29 is 9.72 Å². The molecule has 0 saturated heterocycles. The Kier molecular flexibility index (Phi) is 5.23. The van der Waals surface area contributed by atoms with Gasteiger partial charge in [-0.25, -0.2) is 4.98 Å². The average Bonchev–Trinajstić information content (AvgIpc) is 2.36. The van der Waals surface area contributed by atoms with Gasteiger partial charge < -0.3 is 10.2 Å². The minimum atomic E-state index is -0.552. The Bertz CT molecular complexity index is 538. The summed E-state index contributed by atoms with van der Waals surface area (Å²) in [5.41, 5.74) is -0.0290. The molecule has 7 heteroatoms. The van der Waals surface area contributed by atoms with Gasteiger partial charge in [-0.2, -0.15) is 0 Å². The maximum absolute atomic E-state index is 12.5. The van der Waals surface area contributed by atoms with Gasteiger partial charge in [0, 0.05) is 26.2 Å². The first-order chi connectivity index (χ1) is 9.65. The first-order valence-electron chi connectivity index (χ1n) is 6.79.